The molecule has 0 radical (unpaired) electrons. The molecular formula is C25H35N3O. The zero-order valence-electron chi connectivity index (χ0n) is 18.4. The van der Waals surface area contributed by atoms with Crippen molar-refractivity contribution in [3.05, 3.63) is 58.6 Å². The second kappa shape index (κ2) is 8.08. The molecule has 0 spiro atoms. The molecule has 29 heavy (non-hydrogen) atoms. The number of nitrogens with zero attached hydrogens (tertiary/aromatic N) is 2. The van der Waals surface area contributed by atoms with Gasteiger partial charge in [0, 0.05) is 56.3 Å². The highest BCUT2D eigenvalue weighted by Crippen LogP contribution is 2.49. The smallest absolute Gasteiger partial charge is 0.101 e. The van der Waals surface area contributed by atoms with Crippen molar-refractivity contribution in [2.45, 2.75) is 40.5 Å². The van der Waals surface area contributed by atoms with Gasteiger partial charge in [0.05, 0.1) is 0 Å². The van der Waals surface area contributed by atoms with Gasteiger partial charge in [-0.2, -0.15) is 0 Å². The van der Waals surface area contributed by atoms with Crippen LogP contribution < -0.4 is 0 Å². The minimum atomic E-state index is -0.0806. The van der Waals surface area contributed by atoms with Gasteiger partial charge < -0.3 is 15.0 Å². The van der Waals surface area contributed by atoms with Gasteiger partial charge in [-0.3, -0.25) is 4.90 Å². The van der Waals surface area contributed by atoms with E-state index < -0.39 is 0 Å². The van der Waals surface area contributed by atoms with Gasteiger partial charge in [-0.1, -0.05) is 37.3 Å². The summed E-state index contributed by atoms with van der Waals surface area (Å²) in [6.45, 7) is 15.1. The van der Waals surface area contributed by atoms with Crippen LogP contribution >= 0.6 is 0 Å². The lowest BCUT2D eigenvalue weighted by molar-refractivity contribution is 0.111. The molecule has 0 bridgehead atoms. The van der Waals surface area contributed by atoms with Gasteiger partial charge >= 0.3 is 0 Å². The quantitative estimate of drug-likeness (QED) is 0.801. The first kappa shape index (κ1) is 20.4. The van der Waals surface area contributed by atoms with Crippen LogP contribution in [0.25, 0.3) is 0 Å². The summed E-state index contributed by atoms with van der Waals surface area (Å²) in [6.07, 6.45) is 2.09. The maximum Gasteiger partial charge on any atom is 0.101 e. The fraction of sp³-hybridized carbons (Fsp3) is 0.560. The largest absolute Gasteiger partial charge is 0.467 e. The summed E-state index contributed by atoms with van der Waals surface area (Å²) in [7, 11) is 0. The third-order valence-electron chi connectivity index (χ3n) is 7.21. The van der Waals surface area contributed by atoms with E-state index in [-0.39, 0.29) is 11.3 Å². The van der Waals surface area contributed by atoms with E-state index in [1.165, 1.54) is 16.7 Å². The number of piperazine rings is 1. The number of rotatable bonds is 5. The Bertz CT molecular complexity index is 833. The molecule has 1 saturated heterocycles. The van der Waals surface area contributed by atoms with Crippen LogP contribution in [0.15, 0.2) is 53.0 Å². The van der Waals surface area contributed by atoms with Crippen LogP contribution in [-0.4, -0.2) is 54.8 Å². The van der Waals surface area contributed by atoms with E-state index in [1.54, 1.807) is 0 Å². The highest BCUT2D eigenvalue weighted by atomic mass is 16.5. The van der Waals surface area contributed by atoms with Crippen molar-refractivity contribution >= 4 is 5.71 Å². The van der Waals surface area contributed by atoms with E-state index >= 15 is 0 Å². The maximum absolute atomic E-state index is 9.00. The minimum Gasteiger partial charge on any atom is -0.467 e. The summed E-state index contributed by atoms with van der Waals surface area (Å²) < 4.78 is 5.96. The van der Waals surface area contributed by atoms with Crippen LogP contribution in [0.3, 0.4) is 0 Å². The summed E-state index contributed by atoms with van der Waals surface area (Å²) in [5, 5.41) is 9.00. The SMILES string of the molecule is CC1=C(C)C2C(=N)C(C)(CN3CCN(CCc4ccccc4)CC3)CC2=C(C)O1. The first-order valence-corrected chi connectivity index (χ1v) is 11.0. The molecule has 2 unspecified atom stereocenters. The normalized spacial score (nSPS) is 28.7. The van der Waals surface area contributed by atoms with Crippen molar-refractivity contribution in [2.75, 3.05) is 39.3 Å². The fourth-order valence-electron chi connectivity index (χ4n) is 5.26. The van der Waals surface area contributed by atoms with Crippen molar-refractivity contribution in [2.24, 2.45) is 11.3 Å². The Morgan fingerprint density at radius 3 is 2.34 bits per heavy atom. The predicted molar refractivity (Wildman–Crippen MR) is 119 cm³/mol. The molecule has 4 rings (SSSR count). The van der Waals surface area contributed by atoms with Gasteiger partial charge in [0.25, 0.3) is 0 Å². The monoisotopic (exact) mass is 393 g/mol. The first-order chi connectivity index (χ1) is 13.9. The molecule has 1 aromatic carbocycles. The molecule has 1 aliphatic carbocycles. The third-order valence-corrected chi connectivity index (χ3v) is 7.21. The highest BCUT2D eigenvalue weighted by molar-refractivity contribution is 5.97. The van der Waals surface area contributed by atoms with Crippen molar-refractivity contribution in [3.8, 4) is 0 Å². The molecule has 2 atom stereocenters. The lowest BCUT2D eigenvalue weighted by Gasteiger charge is -2.39. The summed E-state index contributed by atoms with van der Waals surface area (Å²) in [5.41, 5.74) is 4.79. The van der Waals surface area contributed by atoms with Crippen LogP contribution in [0, 0.1) is 16.7 Å². The number of hydrogen-bond acceptors (Lipinski definition) is 4. The molecule has 1 aromatic rings. The standard InChI is InChI=1S/C25H35N3O/c1-18-19(2)29-20(3)22-16-25(4,24(26)23(18)22)17-28-14-12-27(13-15-28)11-10-21-8-6-5-7-9-21/h5-9,23,26H,10-17H2,1-4H3. The number of benzene rings is 1. The Balaban J connectivity index is 1.33. The molecule has 2 aliphatic heterocycles. The lowest BCUT2D eigenvalue weighted by Crippen LogP contribution is -2.50. The topological polar surface area (TPSA) is 39.6 Å². The minimum absolute atomic E-state index is 0.0806. The lowest BCUT2D eigenvalue weighted by atomic mass is 9.83. The van der Waals surface area contributed by atoms with Crippen LogP contribution in [0.4, 0.5) is 0 Å². The van der Waals surface area contributed by atoms with Gasteiger partial charge in [0.15, 0.2) is 0 Å². The average Bonchev–Trinajstić information content (AvgIpc) is 2.98. The molecular weight excluding hydrogens is 358 g/mol. The Morgan fingerprint density at radius 1 is 1.00 bits per heavy atom. The van der Waals surface area contributed by atoms with Crippen LogP contribution in [0.1, 0.15) is 39.7 Å². The number of ether oxygens (including phenoxy) is 1. The molecule has 156 valence electrons. The zero-order chi connectivity index (χ0) is 20.6. The van der Waals surface area contributed by atoms with Gasteiger partial charge in [-0.25, -0.2) is 0 Å². The Hall–Kier alpha value is -1.91. The van der Waals surface area contributed by atoms with E-state index in [9.17, 15) is 0 Å². The highest BCUT2D eigenvalue weighted by Gasteiger charge is 2.48. The van der Waals surface area contributed by atoms with E-state index in [0.29, 0.717) is 0 Å². The van der Waals surface area contributed by atoms with Gasteiger partial charge in [-0.05, 0) is 50.3 Å². The molecule has 3 aliphatic rings. The fourth-order valence-corrected chi connectivity index (χ4v) is 5.26. The zero-order valence-corrected chi connectivity index (χ0v) is 18.4. The Morgan fingerprint density at radius 2 is 1.66 bits per heavy atom. The van der Waals surface area contributed by atoms with Crippen LogP contribution in [-0.2, 0) is 11.2 Å². The predicted octanol–water partition coefficient (Wildman–Crippen LogP) is 4.49. The molecule has 1 saturated carbocycles. The Labute approximate surface area is 175 Å². The van der Waals surface area contributed by atoms with Gasteiger partial charge in [-0.15, -0.1) is 0 Å². The number of hydrogen-bond donors (Lipinski definition) is 1. The Kier molecular flexibility index (Phi) is 5.67. The molecule has 2 heterocycles. The maximum atomic E-state index is 9.00. The van der Waals surface area contributed by atoms with Gasteiger partial charge in [0.2, 0.25) is 0 Å². The summed E-state index contributed by atoms with van der Waals surface area (Å²) >= 11 is 0. The van der Waals surface area contributed by atoms with E-state index in [1.807, 2.05) is 6.92 Å². The van der Waals surface area contributed by atoms with E-state index in [4.69, 9.17) is 10.1 Å². The second-order valence-corrected chi connectivity index (χ2v) is 9.36. The van der Waals surface area contributed by atoms with Crippen molar-refractivity contribution in [3.63, 3.8) is 0 Å². The van der Waals surface area contributed by atoms with E-state index in [0.717, 1.165) is 69.3 Å². The second-order valence-electron chi connectivity index (χ2n) is 9.36. The molecule has 4 nitrogen and oxygen atoms in total. The molecule has 4 heteroatoms. The van der Waals surface area contributed by atoms with Crippen molar-refractivity contribution < 1.29 is 4.74 Å². The van der Waals surface area contributed by atoms with Crippen LogP contribution in [0.2, 0.25) is 0 Å². The number of nitrogens with one attached hydrogen (secondary N) is 1. The summed E-state index contributed by atoms with van der Waals surface area (Å²) in [6, 6.07) is 10.8. The summed E-state index contributed by atoms with van der Waals surface area (Å²) in [5.74, 6) is 2.18. The number of allylic oxidation sites excluding steroid dienone is 4. The summed E-state index contributed by atoms with van der Waals surface area (Å²) in [4.78, 5) is 5.16. The molecule has 0 aromatic heterocycles. The van der Waals surface area contributed by atoms with Crippen LogP contribution in [0.5, 0.6) is 0 Å². The molecule has 0 amide bonds. The average molecular weight is 394 g/mol. The number of fused-ring (bicyclic) bond motifs is 1. The third kappa shape index (κ3) is 4.06. The van der Waals surface area contributed by atoms with E-state index in [2.05, 4.69) is 60.9 Å². The molecule has 1 N–H and O–H groups in total. The van der Waals surface area contributed by atoms with Crippen molar-refractivity contribution in [1.82, 2.24) is 9.80 Å². The van der Waals surface area contributed by atoms with Crippen molar-refractivity contribution in [1.29, 1.82) is 5.41 Å². The first-order valence-electron chi connectivity index (χ1n) is 11.0. The van der Waals surface area contributed by atoms with Gasteiger partial charge in [0.1, 0.15) is 11.5 Å². The molecule has 2 fully saturated rings.